The molecule has 32 heavy (non-hydrogen) atoms. The number of hydrogen-bond donors (Lipinski definition) is 2. The number of imide groups is 1. The molecule has 0 bridgehead atoms. The van der Waals surface area contributed by atoms with E-state index in [1.165, 1.54) is 12.1 Å². The van der Waals surface area contributed by atoms with E-state index < -0.39 is 29.1 Å². The Morgan fingerprint density at radius 2 is 1.50 bits per heavy atom. The van der Waals surface area contributed by atoms with E-state index in [1.54, 1.807) is 6.07 Å². The number of benzene rings is 4. The third-order valence-electron chi connectivity index (χ3n) is 4.58. The van der Waals surface area contributed by atoms with Crippen LogP contribution in [0.25, 0.3) is 10.8 Å². The first-order chi connectivity index (χ1) is 15.4. The molecule has 0 radical (unpaired) electrons. The Kier molecular flexibility index (Phi) is 6.00. The van der Waals surface area contributed by atoms with Crippen LogP contribution in [0.2, 0.25) is 5.02 Å². The van der Waals surface area contributed by atoms with Crippen molar-refractivity contribution in [2.45, 2.75) is 0 Å². The van der Waals surface area contributed by atoms with Crippen molar-refractivity contribution in [3.63, 3.8) is 0 Å². The molecule has 160 valence electrons. The molecule has 0 saturated carbocycles. The van der Waals surface area contributed by atoms with Crippen LogP contribution in [-0.4, -0.2) is 11.9 Å². The number of carbonyl (C=O) groups excluding carboxylic acids is 2. The first-order valence-electron chi connectivity index (χ1n) is 9.44. The molecule has 0 fully saturated rings. The fraction of sp³-hybridized carbons (Fsp3) is 0. The molecule has 0 saturated heterocycles. The molecule has 0 atom stereocenters. The minimum atomic E-state index is -1.21. The van der Waals surface area contributed by atoms with Gasteiger partial charge in [-0.05, 0) is 41.8 Å². The zero-order valence-corrected chi connectivity index (χ0v) is 17.1. The van der Waals surface area contributed by atoms with Gasteiger partial charge in [-0.25, -0.2) is 13.6 Å². The standard InChI is InChI=1S/C24H15ClF2N2O3/c25-17-13-15(28-24(31)29-23(30)22-18(26)8-4-9-19(22)27)11-12-21(17)32-20-10-3-6-14-5-1-2-7-16(14)20/h1-13H,(H2,28,29,30,31). The van der Waals surface area contributed by atoms with Crippen LogP contribution in [0.3, 0.4) is 0 Å². The molecule has 4 aromatic carbocycles. The summed E-state index contributed by atoms with van der Waals surface area (Å²) in [5.41, 5.74) is -0.598. The number of anilines is 1. The van der Waals surface area contributed by atoms with Crippen molar-refractivity contribution in [3.8, 4) is 11.5 Å². The van der Waals surface area contributed by atoms with Crippen LogP contribution in [0, 0.1) is 11.6 Å². The maximum atomic E-state index is 13.7. The van der Waals surface area contributed by atoms with Gasteiger partial charge in [0, 0.05) is 11.1 Å². The summed E-state index contributed by atoms with van der Waals surface area (Å²) in [5, 5.41) is 6.39. The molecule has 3 amide bonds. The Bertz CT molecular complexity index is 1320. The minimum absolute atomic E-state index is 0.210. The number of halogens is 3. The fourth-order valence-corrected chi connectivity index (χ4v) is 3.33. The average Bonchev–Trinajstić information content (AvgIpc) is 2.75. The fourth-order valence-electron chi connectivity index (χ4n) is 3.11. The SMILES string of the molecule is O=C(NC(=O)c1c(F)cccc1F)Nc1ccc(Oc2cccc3ccccc23)c(Cl)c1. The number of amides is 3. The van der Waals surface area contributed by atoms with E-state index in [9.17, 15) is 18.4 Å². The van der Waals surface area contributed by atoms with Gasteiger partial charge in [-0.15, -0.1) is 0 Å². The van der Waals surface area contributed by atoms with Gasteiger partial charge in [-0.3, -0.25) is 10.1 Å². The number of urea groups is 1. The topological polar surface area (TPSA) is 67.4 Å². The van der Waals surface area contributed by atoms with E-state index in [-0.39, 0.29) is 10.7 Å². The van der Waals surface area contributed by atoms with Crippen molar-refractivity contribution < 1.29 is 23.1 Å². The molecule has 2 N–H and O–H groups in total. The number of nitrogens with one attached hydrogen (secondary N) is 2. The van der Waals surface area contributed by atoms with Crippen molar-refractivity contribution >= 4 is 40.0 Å². The van der Waals surface area contributed by atoms with Gasteiger partial charge >= 0.3 is 6.03 Å². The highest BCUT2D eigenvalue weighted by molar-refractivity contribution is 6.32. The molecule has 4 aromatic rings. The molecule has 0 aliphatic carbocycles. The van der Waals surface area contributed by atoms with Gasteiger partial charge in [-0.1, -0.05) is 54.1 Å². The van der Waals surface area contributed by atoms with Crippen molar-refractivity contribution in [2.24, 2.45) is 0 Å². The lowest BCUT2D eigenvalue weighted by molar-refractivity contribution is 0.0959. The Hall–Kier alpha value is -3.97. The van der Waals surface area contributed by atoms with Crippen molar-refractivity contribution in [1.82, 2.24) is 5.32 Å². The van der Waals surface area contributed by atoms with Gasteiger partial charge in [0.15, 0.2) is 0 Å². The summed E-state index contributed by atoms with van der Waals surface area (Å²) < 4.78 is 33.3. The molecule has 0 aromatic heterocycles. The third-order valence-corrected chi connectivity index (χ3v) is 4.87. The predicted octanol–water partition coefficient (Wildman–Crippen LogP) is 6.53. The van der Waals surface area contributed by atoms with E-state index in [4.69, 9.17) is 16.3 Å². The zero-order valence-electron chi connectivity index (χ0n) is 16.4. The van der Waals surface area contributed by atoms with Gasteiger partial charge < -0.3 is 10.1 Å². The van der Waals surface area contributed by atoms with Crippen LogP contribution >= 0.6 is 11.6 Å². The second-order valence-corrected chi connectivity index (χ2v) is 7.14. The monoisotopic (exact) mass is 452 g/mol. The van der Waals surface area contributed by atoms with Crippen LogP contribution in [0.4, 0.5) is 19.3 Å². The second kappa shape index (κ2) is 9.03. The van der Waals surface area contributed by atoms with Gasteiger partial charge in [-0.2, -0.15) is 0 Å². The summed E-state index contributed by atoms with van der Waals surface area (Å²) in [6.45, 7) is 0. The van der Waals surface area contributed by atoms with E-state index in [0.29, 0.717) is 11.5 Å². The van der Waals surface area contributed by atoms with Crippen molar-refractivity contribution in [3.05, 3.63) is 101 Å². The van der Waals surface area contributed by atoms with Gasteiger partial charge in [0.1, 0.15) is 28.7 Å². The molecular formula is C24H15ClF2N2O3. The molecule has 8 heteroatoms. The first-order valence-corrected chi connectivity index (χ1v) is 9.81. The van der Waals surface area contributed by atoms with Crippen LogP contribution in [0.15, 0.2) is 78.9 Å². The van der Waals surface area contributed by atoms with Crippen LogP contribution in [0.1, 0.15) is 10.4 Å². The van der Waals surface area contributed by atoms with Crippen molar-refractivity contribution in [2.75, 3.05) is 5.32 Å². The summed E-state index contributed by atoms with van der Waals surface area (Å²) in [7, 11) is 0. The minimum Gasteiger partial charge on any atom is -0.455 e. The molecule has 0 spiro atoms. The van der Waals surface area contributed by atoms with E-state index in [2.05, 4.69) is 5.32 Å². The molecule has 4 rings (SSSR count). The van der Waals surface area contributed by atoms with Gasteiger partial charge in [0.25, 0.3) is 5.91 Å². The summed E-state index contributed by atoms with van der Waals surface area (Å²) in [6.07, 6.45) is 0. The van der Waals surface area contributed by atoms with Crippen LogP contribution < -0.4 is 15.4 Å². The van der Waals surface area contributed by atoms with E-state index in [0.717, 1.165) is 29.0 Å². The summed E-state index contributed by atoms with van der Waals surface area (Å²) in [6, 6.07) is 19.8. The number of rotatable bonds is 4. The maximum Gasteiger partial charge on any atom is 0.326 e. The zero-order chi connectivity index (χ0) is 22.7. The van der Waals surface area contributed by atoms with E-state index >= 15 is 0 Å². The highest BCUT2D eigenvalue weighted by atomic mass is 35.5. The van der Waals surface area contributed by atoms with Crippen LogP contribution in [-0.2, 0) is 0 Å². The second-order valence-electron chi connectivity index (χ2n) is 6.73. The lowest BCUT2D eigenvalue weighted by Gasteiger charge is -2.12. The molecular weight excluding hydrogens is 438 g/mol. The molecule has 0 aliphatic rings. The van der Waals surface area contributed by atoms with E-state index in [1.807, 2.05) is 47.8 Å². The van der Waals surface area contributed by atoms with Crippen molar-refractivity contribution in [1.29, 1.82) is 0 Å². The maximum absolute atomic E-state index is 13.7. The lowest BCUT2D eigenvalue weighted by Crippen LogP contribution is -2.35. The summed E-state index contributed by atoms with van der Waals surface area (Å²) in [5.74, 6) is -2.39. The number of fused-ring (bicyclic) bond motifs is 1. The average molecular weight is 453 g/mol. The largest absolute Gasteiger partial charge is 0.455 e. The predicted molar refractivity (Wildman–Crippen MR) is 118 cm³/mol. The van der Waals surface area contributed by atoms with Crippen LogP contribution in [0.5, 0.6) is 11.5 Å². The Labute approximate surface area is 186 Å². The third kappa shape index (κ3) is 4.53. The summed E-state index contributed by atoms with van der Waals surface area (Å²) >= 11 is 6.29. The molecule has 5 nitrogen and oxygen atoms in total. The first kappa shape index (κ1) is 21.3. The molecule has 0 heterocycles. The molecule has 0 unspecified atom stereocenters. The highest BCUT2D eigenvalue weighted by Gasteiger charge is 2.19. The quantitative estimate of drug-likeness (QED) is 0.370. The number of ether oxygens (including phenoxy) is 1. The normalized spacial score (nSPS) is 10.6. The number of hydrogen-bond acceptors (Lipinski definition) is 3. The Morgan fingerprint density at radius 3 is 2.25 bits per heavy atom. The van der Waals surface area contributed by atoms with Gasteiger partial charge in [0.05, 0.1) is 5.02 Å². The van der Waals surface area contributed by atoms with Gasteiger partial charge in [0.2, 0.25) is 0 Å². The smallest absolute Gasteiger partial charge is 0.326 e. The lowest BCUT2D eigenvalue weighted by atomic mass is 10.1. The Morgan fingerprint density at radius 1 is 0.812 bits per heavy atom. The highest BCUT2D eigenvalue weighted by Crippen LogP contribution is 2.35. The Balaban J connectivity index is 1.46. The molecule has 0 aliphatic heterocycles. The summed E-state index contributed by atoms with van der Waals surface area (Å²) in [4.78, 5) is 24.1. The number of carbonyl (C=O) groups is 2.